The van der Waals surface area contributed by atoms with Gasteiger partial charge in [-0.1, -0.05) is 38.1 Å². The van der Waals surface area contributed by atoms with Crippen LogP contribution in [-0.4, -0.2) is 37.4 Å². The van der Waals surface area contributed by atoms with Gasteiger partial charge in [0.25, 0.3) is 0 Å². The first-order chi connectivity index (χ1) is 8.72. The van der Waals surface area contributed by atoms with Crippen molar-refractivity contribution in [2.75, 3.05) is 26.2 Å². The molecule has 1 aromatic carbocycles. The SMILES string of the molecule is CC(C)c1ccc(C(C=O)N2CCNCC2)cc1. The summed E-state index contributed by atoms with van der Waals surface area (Å²) in [4.78, 5) is 13.6. The molecule has 3 nitrogen and oxygen atoms in total. The van der Waals surface area contributed by atoms with Crippen LogP contribution in [0.2, 0.25) is 0 Å². The van der Waals surface area contributed by atoms with E-state index in [0.717, 1.165) is 38.0 Å². The van der Waals surface area contributed by atoms with E-state index in [1.165, 1.54) is 5.56 Å². The van der Waals surface area contributed by atoms with Crippen molar-refractivity contribution in [3.63, 3.8) is 0 Å². The van der Waals surface area contributed by atoms with E-state index < -0.39 is 0 Å². The molecule has 2 rings (SSSR count). The zero-order valence-corrected chi connectivity index (χ0v) is 11.2. The largest absolute Gasteiger partial charge is 0.314 e. The van der Waals surface area contributed by atoms with Gasteiger partial charge < -0.3 is 10.1 Å². The molecule has 0 saturated carbocycles. The number of piperazine rings is 1. The number of benzene rings is 1. The summed E-state index contributed by atoms with van der Waals surface area (Å²) in [6, 6.07) is 8.37. The monoisotopic (exact) mass is 246 g/mol. The zero-order valence-electron chi connectivity index (χ0n) is 11.2. The second-order valence-electron chi connectivity index (χ2n) is 5.19. The first kappa shape index (κ1) is 13.2. The average Bonchev–Trinajstić information content (AvgIpc) is 2.41. The Morgan fingerprint density at radius 1 is 1.11 bits per heavy atom. The third-order valence-electron chi connectivity index (χ3n) is 3.62. The number of nitrogens with one attached hydrogen (secondary N) is 1. The minimum Gasteiger partial charge on any atom is -0.314 e. The van der Waals surface area contributed by atoms with E-state index in [0.29, 0.717) is 5.92 Å². The molecule has 0 amide bonds. The van der Waals surface area contributed by atoms with Crippen LogP contribution in [0.15, 0.2) is 24.3 Å². The van der Waals surface area contributed by atoms with E-state index in [9.17, 15) is 4.79 Å². The summed E-state index contributed by atoms with van der Waals surface area (Å²) in [5.74, 6) is 0.535. The van der Waals surface area contributed by atoms with Crippen molar-refractivity contribution in [3.05, 3.63) is 35.4 Å². The minimum atomic E-state index is -0.0895. The van der Waals surface area contributed by atoms with Crippen LogP contribution < -0.4 is 5.32 Å². The molecule has 0 aromatic heterocycles. The molecule has 0 radical (unpaired) electrons. The van der Waals surface area contributed by atoms with Gasteiger partial charge in [-0.2, -0.15) is 0 Å². The van der Waals surface area contributed by atoms with E-state index in [2.05, 4.69) is 48.3 Å². The van der Waals surface area contributed by atoms with Crippen molar-refractivity contribution < 1.29 is 4.79 Å². The summed E-state index contributed by atoms with van der Waals surface area (Å²) in [6.07, 6.45) is 1.07. The van der Waals surface area contributed by atoms with Crippen LogP contribution in [0.1, 0.15) is 36.9 Å². The van der Waals surface area contributed by atoms with Crippen LogP contribution in [0.25, 0.3) is 0 Å². The molecule has 1 heterocycles. The standard InChI is InChI=1S/C15H22N2O/c1-12(2)13-3-5-14(6-4-13)15(11-18)17-9-7-16-8-10-17/h3-6,11-12,15-16H,7-10H2,1-2H3. The Bertz CT molecular complexity index is 380. The first-order valence-electron chi connectivity index (χ1n) is 6.72. The normalized spacial score (nSPS) is 18.8. The summed E-state index contributed by atoms with van der Waals surface area (Å²) in [7, 11) is 0. The van der Waals surface area contributed by atoms with E-state index in [4.69, 9.17) is 0 Å². The molecule has 0 aliphatic carbocycles. The highest BCUT2D eigenvalue weighted by atomic mass is 16.1. The lowest BCUT2D eigenvalue weighted by Crippen LogP contribution is -2.45. The predicted molar refractivity (Wildman–Crippen MR) is 73.8 cm³/mol. The molecule has 1 aliphatic rings. The lowest BCUT2D eigenvalue weighted by Gasteiger charge is -2.32. The van der Waals surface area contributed by atoms with Crippen molar-refractivity contribution >= 4 is 6.29 Å². The average molecular weight is 246 g/mol. The van der Waals surface area contributed by atoms with Gasteiger partial charge in [0.05, 0.1) is 6.04 Å². The number of hydrogen-bond acceptors (Lipinski definition) is 3. The molecule has 3 heteroatoms. The van der Waals surface area contributed by atoms with E-state index >= 15 is 0 Å². The van der Waals surface area contributed by atoms with E-state index in [1.54, 1.807) is 0 Å². The number of hydrogen-bond donors (Lipinski definition) is 1. The van der Waals surface area contributed by atoms with Gasteiger partial charge in [0.1, 0.15) is 6.29 Å². The number of rotatable bonds is 4. The summed E-state index contributed by atoms with van der Waals surface area (Å²) in [5.41, 5.74) is 2.43. The van der Waals surface area contributed by atoms with Gasteiger partial charge in [0.15, 0.2) is 0 Å². The van der Waals surface area contributed by atoms with Crippen molar-refractivity contribution in [1.82, 2.24) is 10.2 Å². The Morgan fingerprint density at radius 3 is 2.17 bits per heavy atom. The quantitative estimate of drug-likeness (QED) is 0.824. The highest BCUT2D eigenvalue weighted by Crippen LogP contribution is 2.22. The number of carbonyl (C=O) groups is 1. The Kier molecular flexibility index (Phi) is 4.50. The third kappa shape index (κ3) is 2.98. The number of aldehydes is 1. The Labute approximate surface area is 109 Å². The van der Waals surface area contributed by atoms with Crippen molar-refractivity contribution in [2.24, 2.45) is 0 Å². The highest BCUT2D eigenvalue weighted by Gasteiger charge is 2.21. The van der Waals surface area contributed by atoms with Crippen LogP contribution >= 0.6 is 0 Å². The fourth-order valence-corrected chi connectivity index (χ4v) is 2.41. The van der Waals surface area contributed by atoms with Crippen molar-refractivity contribution in [3.8, 4) is 0 Å². The third-order valence-corrected chi connectivity index (χ3v) is 3.62. The maximum Gasteiger partial charge on any atom is 0.141 e. The van der Waals surface area contributed by atoms with E-state index in [1.807, 2.05) is 0 Å². The molecule has 1 fully saturated rings. The smallest absolute Gasteiger partial charge is 0.141 e. The lowest BCUT2D eigenvalue weighted by atomic mass is 9.98. The van der Waals surface area contributed by atoms with Gasteiger partial charge in [0, 0.05) is 26.2 Å². The Balaban J connectivity index is 2.13. The second kappa shape index (κ2) is 6.12. The molecule has 18 heavy (non-hydrogen) atoms. The molecule has 1 unspecified atom stereocenters. The van der Waals surface area contributed by atoms with Crippen molar-refractivity contribution in [2.45, 2.75) is 25.8 Å². The molecule has 1 aromatic rings. The van der Waals surface area contributed by atoms with Gasteiger partial charge >= 0.3 is 0 Å². The van der Waals surface area contributed by atoms with Crippen LogP contribution in [-0.2, 0) is 4.79 Å². The molecular formula is C15H22N2O. The van der Waals surface area contributed by atoms with Gasteiger partial charge in [-0.3, -0.25) is 4.90 Å². The lowest BCUT2D eigenvalue weighted by molar-refractivity contribution is -0.112. The van der Waals surface area contributed by atoms with Crippen LogP contribution in [0.5, 0.6) is 0 Å². The molecular weight excluding hydrogens is 224 g/mol. The van der Waals surface area contributed by atoms with Crippen LogP contribution in [0, 0.1) is 0 Å². The predicted octanol–water partition coefficient (Wildman–Crippen LogP) is 1.96. The summed E-state index contributed by atoms with van der Waals surface area (Å²) < 4.78 is 0. The molecule has 1 atom stereocenters. The fraction of sp³-hybridized carbons (Fsp3) is 0.533. The highest BCUT2D eigenvalue weighted by molar-refractivity contribution is 5.61. The van der Waals surface area contributed by atoms with Gasteiger partial charge in [-0.15, -0.1) is 0 Å². The number of carbonyl (C=O) groups excluding carboxylic acids is 1. The van der Waals surface area contributed by atoms with Gasteiger partial charge in [0.2, 0.25) is 0 Å². The molecule has 1 saturated heterocycles. The topological polar surface area (TPSA) is 32.3 Å². The molecule has 1 aliphatic heterocycles. The maximum atomic E-state index is 11.4. The molecule has 1 N–H and O–H groups in total. The van der Waals surface area contributed by atoms with E-state index in [-0.39, 0.29) is 6.04 Å². The summed E-state index contributed by atoms with van der Waals surface area (Å²) in [6.45, 7) is 8.18. The molecule has 0 bridgehead atoms. The van der Waals surface area contributed by atoms with Crippen molar-refractivity contribution in [1.29, 1.82) is 0 Å². The number of nitrogens with zero attached hydrogens (tertiary/aromatic N) is 1. The Hall–Kier alpha value is -1.19. The summed E-state index contributed by atoms with van der Waals surface area (Å²) in [5, 5.41) is 3.31. The fourth-order valence-electron chi connectivity index (χ4n) is 2.41. The molecule has 98 valence electrons. The maximum absolute atomic E-state index is 11.4. The van der Waals surface area contributed by atoms with Gasteiger partial charge in [-0.25, -0.2) is 0 Å². The summed E-state index contributed by atoms with van der Waals surface area (Å²) >= 11 is 0. The molecule has 0 spiro atoms. The van der Waals surface area contributed by atoms with Gasteiger partial charge in [-0.05, 0) is 17.0 Å². The minimum absolute atomic E-state index is 0.0895. The second-order valence-corrected chi connectivity index (χ2v) is 5.19. The Morgan fingerprint density at radius 2 is 1.67 bits per heavy atom. The van der Waals surface area contributed by atoms with Crippen LogP contribution in [0.3, 0.4) is 0 Å². The zero-order chi connectivity index (χ0) is 13.0. The first-order valence-corrected chi connectivity index (χ1v) is 6.72. The van der Waals surface area contributed by atoms with Crippen LogP contribution in [0.4, 0.5) is 0 Å².